The van der Waals surface area contributed by atoms with E-state index in [0.29, 0.717) is 0 Å². The standard InChI is InChI=1S/C19H26N2O/c1-16-14-19(22-17(16)2)15-21-12-10-20(11-13-21)9-8-18-6-4-3-5-7-18/h3-7,14H,8-13,15H2,1-2H3. The molecular formula is C19H26N2O. The first-order valence-corrected chi connectivity index (χ1v) is 8.25. The van der Waals surface area contributed by atoms with Crippen molar-refractivity contribution in [2.75, 3.05) is 32.7 Å². The van der Waals surface area contributed by atoms with Crippen LogP contribution in [-0.2, 0) is 13.0 Å². The van der Waals surface area contributed by atoms with Gasteiger partial charge in [0.15, 0.2) is 0 Å². The molecule has 0 spiro atoms. The van der Waals surface area contributed by atoms with Gasteiger partial charge in [-0.15, -0.1) is 0 Å². The van der Waals surface area contributed by atoms with E-state index < -0.39 is 0 Å². The van der Waals surface area contributed by atoms with Gasteiger partial charge in [-0.25, -0.2) is 0 Å². The number of hydrogen-bond donors (Lipinski definition) is 0. The van der Waals surface area contributed by atoms with Gasteiger partial charge in [-0.1, -0.05) is 30.3 Å². The molecule has 118 valence electrons. The fourth-order valence-corrected chi connectivity index (χ4v) is 3.05. The van der Waals surface area contributed by atoms with Crippen molar-refractivity contribution in [1.29, 1.82) is 0 Å². The first-order chi connectivity index (χ1) is 10.7. The zero-order valence-electron chi connectivity index (χ0n) is 13.7. The molecule has 2 heterocycles. The van der Waals surface area contributed by atoms with Crippen molar-refractivity contribution >= 4 is 0 Å². The van der Waals surface area contributed by atoms with Gasteiger partial charge in [-0.3, -0.25) is 4.90 Å². The van der Waals surface area contributed by atoms with Crippen molar-refractivity contribution in [1.82, 2.24) is 9.80 Å². The highest BCUT2D eigenvalue weighted by atomic mass is 16.3. The van der Waals surface area contributed by atoms with Gasteiger partial charge in [0.1, 0.15) is 11.5 Å². The largest absolute Gasteiger partial charge is 0.465 e. The van der Waals surface area contributed by atoms with Crippen LogP contribution < -0.4 is 0 Å². The normalized spacial score (nSPS) is 17.0. The SMILES string of the molecule is Cc1cc(CN2CCN(CCc3ccccc3)CC2)oc1C. The summed E-state index contributed by atoms with van der Waals surface area (Å²) in [4.78, 5) is 5.07. The number of aryl methyl sites for hydroxylation is 2. The molecule has 0 aliphatic carbocycles. The lowest BCUT2D eigenvalue weighted by Crippen LogP contribution is -2.46. The summed E-state index contributed by atoms with van der Waals surface area (Å²) >= 11 is 0. The van der Waals surface area contributed by atoms with Crippen LogP contribution in [0.4, 0.5) is 0 Å². The van der Waals surface area contributed by atoms with Gasteiger partial charge >= 0.3 is 0 Å². The Morgan fingerprint density at radius 3 is 2.27 bits per heavy atom. The molecule has 3 heteroatoms. The second-order valence-electron chi connectivity index (χ2n) is 6.31. The van der Waals surface area contributed by atoms with Crippen molar-refractivity contribution in [3.63, 3.8) is 0 Å². The van der Waals surface area contributed by atoms with Crippen molar-refractivity contribution < 1.29 is 4.42 Å². The van der Waals surface area contributed by atoms with Crippen LogP contribution in [0.2, 0.25) is 0 Å². The molecule has 0 amide bonds. The van der Waals surface area contributed by atoms with E-state index in [1.165, 1.54) is 11.1 Å². The topological polar surface area (TPSA) is 19.6 Å². The van der Waals surface area contributed by atoms with Gasteiger partial charge in [-0.05, 0) is 37.5 Å². The highest BCUT2D eigenvalue weighted by Gasteiger charge is 2.18. The van der Waals surface area contributed by atoms with Crippen LogP contribution in [0.15, 0.2) is 40.8 Å². The van der Waals surface area contributed by atoms with E-state index in [4.69, 9.17) is 4.42 Å². The Kier molecular flexibility index (Phi) is 4.96. The average Bonchev–Trinajstić information content (AvgIpc) is 2.85. The van der Waals surface area contributed by atoms with E-state index in [2.05, 4.69) is 53.1 Å². The van der Waals surface area contributed by atoms with Crippen LogP contribution >= 0.6 is 0 Å². The number of rotatable bonds is 5. The molecule has 0 saturated carbocycles. The van der Waals surface area contributed by atoms with E-state index in [1.54, 1.807) is 0 Å². The third kappa shape index (κ3) is 3.99. The maximum atomic E-state index is 5.79. The number of furan rings is 1. The third-order valence-electron chi connectivity index (χ3n) is 4.62. The molecule has 22 heavy (non-hydrogen) atoms. The summed E-state index contributed by atoms with van der Waals surface area (Å²) in [7, 11) is 0. The molecule has 0 atom stereocenters. The summed E-state index contributed by atoms with van der Waals surface area (Å²) in [6.07, 6.45) is 1.15. The molecule has 3 rings (SSSR count). The lowest BCUT2D eigenvalue weighted by molar-refractivity contribution is 0.121. The van der Waals surface area contributed by atoms with Crippen molar-refractivity contribution in [3.05, 3.63) is 59.0 Å². The Balaban J connectivity index is 1.42. The van der Waals surface area contributed by atoms with E-state index in [9.17, 15) is 0 Å². The van der Waals surface area contributed by atoms with Gasteiger partial charge < -0.3 is 9.32 Å². The Morgan fingerprint density at radius 1 is 0.955 bits per heavy atom. The first kappa shape index (κ1) is 15.3. The molecule has 0 bridgehead atoms. The van der Waals surface area contributed by atoms with Crippen LogP contribution in [0.1, 0.15) is 22.6 Å². The summed E-state index contributed by atoms with van der Waals surface area (Å²) in [5.74, 6) is 2.16. The highest BCUT2D eigenvalue weighted by molar-refractivity contribution is 5.18. The van der Waals surface area contributed by atoms with Crippen LogP contribution in [-0.4, -0.2) is 42.5 Å². The minimum atomic E-state index is 0.946. The van der Waals surface area contributed by atoms with E-state index in [-0.39, 0.29) is 0 Å². The van der Waals surface area contributed by atoms with Gasteiger partial charge in [0.2, 0.25) is 0 Å². The van der Waals surface area contributed by atoms with Gasteiger partial charge in [-0.2, -0.15) is 0 Å². The molecule has 1 fully saturated rings. The molecule has 3 nitrogen and oxygen atoms in total. The molecule has 1 aromatic carbocycles. The molecular weight excluding hydrogens is 272 g/mol. The van der Waals surface area contributed by atoms with Crippen molar-refractivity contribution in [2.45, 2.75) is 26.8 Å². The summed E-state index contributed by atoms with van der Waals surface area (Å²) in [5, 5.41) is 0. The Bertz CT molecular complexity index is 563. The third-order valence-corrected chi connectivity index (χ3v) is 4.62. The van der Waals surface area contributed by atoms with Crippen LogP contribution in [0.25, 0.3) is 0 Å². The summed E-state index contributed by atoms with van der Waals surface area (Å²) < 4.78 is 5.79. The lowest BCUT2D eigenvalue weighted by Gasteiger charge is -2.34. The summed E-state index contributed by atoms with van der Waals surface area (Å²) in [6.45, 7) is 10.8. The summed E-state index contributed by atoms with van der Waals surface area (Å²) in [5.41, 5.74) is 2.70. The second-order valence-corrected chi connectivity index (χ2v) is 6.31. The predicted octanol–water partition coefficient (Wildman–Crippen LogP) is 3.26. The number of piperazine rings is 1. The maximum Gasteiger partial charge on any atom is 0.118 e. The monoisotopic (exact) mass is 298 g/mol. The van der Waals surface area contributed by atoms with Crippen LogP contribution in [0, 0.1) is 13.8 Å². The first-order valence-electron chi connectivity index (χ1n) is 8.25. The van der Waals surface area contributed by atoms with Crippen molar-refractivity contribution in [2.24, 2.45) is 0 Å². The highest BCUT2D eigenvalue weighted by Crippen LogP contribution is 2.16. The van der Waals surface area contributed by atoms with E-state index in [0.717, 1.165) is 57.2 Å². The van der Waals surface area contributed by atoms with Crippen LogP contribution in [0.5, 0.6) is 0 Å². The number of benzene rings is 1. The van der Waals surface area contributed by atoms with E-state index >= 15 is 0 Å². The molecule has 1 aliphatic heterocycles. The Morgan fingerprint density at radius 2 is 1.64 bits per heavy atom. The lowest BCUT2D eigenvalue weighted by atomic mass is 10.1. The van der Waals surface area contributed by atoms with E-state index in [1.807, 2.05) is 6.92 Å². The molecule has 2 aromatic rings. The predicted molar refractivity (Wildman–Crippen MR) is 90.0 cm³/mol. The summed E-state index contributed by atoms with van der Waals surface area (Å²) in [6, 6.07) is 13.0. The van der Waals surface area contributed by atoms with Gasteiger partial charge in [0, 0.05) is 32.7 Å². The maximum absolute atomic E-state index is 5.79. The fourth-order valence-electron chi connectivity index (χ4n) is 3.05. The van der Waals surface area contributed by atoms with Gasteiger partial charge in [0.25, 0.3) is 0 Å². The van der Waals surface area contributed by atoms with Crippen LogP contribution in [0.3, 0.4) is 0 Å². The fraction of sp³-hybridized carbons (Fsp3) is 0.474. The second kappa shape index (κ2) is 7.12. The number of hydrogen-bond acceptors (Lipinski definition) is 3. The molecule has 1 aliphatic rings. The Labute approximate surface area is 133 Å². The number of nitrogens with zero attached hydrogens (tertiary/aromatic N) is 2. The zero-order chi connectivity index (χ0) is 15.4. The molecule has 0 unspecified atom stereocenters. The molecule has 1 saturated heterocycles. The van der Waals surface area contributed by atoms with Gasteiger partial charge in [0.05, 0.1) is 6.54 Å². The molecule has 1 aromatic heterocycles. The minimum absolute atomic E-state index is 0.946. The Hall–Kier alpha value is -1.58. The van der Waals surface area contributed by atoms with Crippen molar-refractivity contribution in [3.8, 4) is 0 Å². The quantitative estimate of drug-likeness (QED) is 0.845. The average molecular weight is 298 g/mol. The molecule has 0 N–H and O–H groups in total. The minimum Gasteiger partial charge on any atom is -0.465 e. The zero-order valence-corrected chi connectivity index (χ0v) is 13.7. The smallest absolute Gasteiger partial charge is 0.118 e. The molecule has 0 radical (unpaired) electrons.